The number of aryl methyl sites for hydroxylation is 1. The van der Waals surface area contributed by atoms with Crippen molar-refractivity contribution in [3.05, 3.63) is 65.4 Å². The van der Waals surface area contributed by atoms with Crippen LogP contribution in [0.4, 0.5) is 0 Å². The maximum atomic E-state index is 6.06. The Labute approximate surface area is 185 Å². The van der Waals surface area contributed by atoms with Crippen molar-refractivity contribution in [3.63, 3.8) is 0 Å². The second-order valence-corrected chi connectivity index (χ2v) is 7.64. The second-order valence-electron chi connectivity index (χ2n) is 7.64. The van der Waals surface area contributed by atoms with Crippen LogP contribution in [0, 0.1) is 6.92 Å². The van der Waals surface area contributed by atoms with Gasteiger partial charge in [0.05, 0.1) is 32.6 Å². The summed E-state index contributed by atoms with van der Waals surface area (Å²) in [4.78, 5) is 4.55. The minimum atomic E-state index is -0.0367. The van der Waals surface area contributed by atoms with Gasteiger partial charge in [-0.05, 0) is 43.7 Å². The van der Waals surface area contributed by atoms with Crippen LogP contribution >= 0.6 is 0 Å². The molecule has 0 radical (unpaired) electrons. The van der Waals surface area contributed by atoms with Crippen molar-refractivity contribution < 1.29 is 18.7 Å². The van der Waals surface area contributed by atoms with Crippen LogP contribution in [-0.4, -0.2) is 33.6 Å². The smallest absolute Gasteiger partial charge is 0.278 e. The molecule has 32 heavy (non-hydrogen) atoms. The van der Waals surface area contributed by atoms with E-state index < -0.39 is 0 Å². The molecule has 0 aliphatic carbocycles. The number of benzene rings is 2. The normalized spacial score (nSPS) is 15.4. The molecule has 0 N–H and O–H groups in total. The number of nitrogens with zero attached hydrogens (tertiary/aromatic N) is 4. The summed E-state index contributed by atoms with van der Waals surface area (Å²) in [5.74, 6) is 2.12. The lowest BCUT2D eigenvalue weighted by atomic mass is 10.1. The van der Waals surface area contributed by atoms with E-state index in [9.17, 15) is 0 Å². The molecule has 8 nitrogen and oxygen atoms in total. The highest BCUT2D eigenvalue weighted by Gasteiger charge is 2.24. The molecule has 0 unspecified atom stereocenters. The Morgan fingerprint density at radius 2 is 1.94 bits per heavy atom. The Hall–Kier alpha value is -3.65. The highest BCUT2D eigenvalue weighted by atomic mass is 16.5. The lowest BCUT2D eigenvalue weighted by Crippen LogP contribution is -2.21. The zero-order valence-electron chi connectivity index (χ0n) is 18.2. The molecule has 0 saturated carbocycles. The Kier molecular flexibility index (Phi) is 5.36. The average Bonchev–Trinajstić information content (AvgIpc) is 3.46. The van der Waals surface area contributed by atoms with Crippen LogP contribution < -0.4 is 9.47 Å². The summed E-state index contributed by atoms with van der Waals surface area (Å²) in [7, 11) is 1.61. The third-order valence-corrected chi connectivity index (χ3v) is 5.45. The van der Waals surface area contributed by atoms with Crippen LogP contribution in [0.3, 0.4) is 0 Å². The molecule has 164 valence electrons. The monoisotopic (exact) mass is 432 g/mol. The van der Waals surface area contributed by atoms with E-state index in [0.717, 1.165) is 16.8 Å². The van der Waals surface area contributed by atoms with Crippen LogP contribution in [0.5, 0.6) is 11.5 Å². The minimum Gasteiger partial charge on any atom is -0.493 e. The van der Waals surface area contributed by atoms with Gasteiger partial charge in [0.25, 0.3) is 5.89 Å². The number of fused-ring (bicyclic) bond motifs is 1. The zero-order chi connectivity index (χ0) is 22.1. The topological polar surface area (TPSA) is 84.4 Å². The first kappa shape index (κ1) is 20.3. The van der Waals surface area contributed by atoms with Crippen molar-refractivity contribution in [2.45, 2.75) is 33.1 Å². The molecular formula is C24H24N4O4. The van der Waals surface area contributed by atoms with Crippen molar-refractivity contribution in [1.82, 2.24) is 19.9 Å². The van der Waals surface area contributed by atoms with Crippen LogP contribution in [0.15, 0.2) is 53.1 Å². The van der Waals surface area contributed by atoms with Gasteiger partial charge in [0.1, 0.15) is 6.10 Å². The van der Waals surface area contributed by atoms with Gasteiger partial charge >= 0.3 is 0 Å². The molecule has 0 fully saturated rings. The first-order chi connectivity index (χ1) is 15.6. The van der Waals surface area contributed by atoms with Crippen molar-refractivity contribution in [3.8, 4) is 34.5 Å². The molecule has 4 aromatic rings. The number of ether oxygens (including phenoxy) is 3. The van der Waals surface area contributed by atoms with Gasteiger partial charge in [0.15, 0.2) is 17.2 Å². The SMILES string of the molecule is CCOc1cc(-c2noc(-c3cc4n(n3)C[C@@H](c3ccc(C)cc3)OC4)n2)ccc1OC. The van der Waals surface area contributed by atoms with Crippen LogP contribution in [0.1, 0.15) is 29.8 Å². The Balaban J connectivity index is 1.38. The summed E-state index contributed by atoms with van der Waals surface area (Å²) in [5.41, 5.74) is 4.75. The molecule has 1 atom stereocenters. The fourth-order valence-electron chi connectivity index (χ4n) is 3.74. The summed E-state index contributed by atoms with van der Waals surface area (Å²) >= 11 is 0. The van der Waals surface area contributed by atoms with Crippen molar-refractivity contribution in [2.24, 2.45) is 0 Å². The molecule has 8 heteroatoms. The maximum Gasteiger partial charge on any atom is 0.278 e. The molecule has 0 bridgehead atoms. The lowest BCUT2D eigenvalue weighted by molar-refractivity contribution is -0.00113. The van der Waals surface area contributed by atoms with Gasteiger partial charge in [-0.2, -0.15) is 10.1 Å². The predicted octanol–water partition coefficient (Wildman–Crippen LogP) is 4.59. The van der Waals surface area contributed by atoms with Gasteiger partial charge in [-0.25, -0.2) is 0 Å². The van der Waals surface area contributed by atoms with E-state index in [1.165, 1.54) is 5.56 Å². The Bertz CT molecular complexity index is 1230. The van der Waals surface area contributed by atoms with Crippen molar-refractivity contribution in [2.75, 3.05) is 13.7 Å². The van der Waals surface area contributed by atoms with E-state index in [2.05, 4.69) is 41.3 Å². The predicted molar refractivity (Wildman–Crippen MR) is 117 cm³/mol. The fraction of sp³-hybridized carbons (Fsp3) is 0.292. The second kappa shape index (κ2) is 8.47. The molecule has 1 aliphatic heterocycles. The van der Waals surface area contributed by atoms with E-state index in [1.54, 1.807) is 7.11 Å². The van der Waals surface area contributed by atoms with Crippen LogP contribution in [-0.2, 0) is 17.9 Å². The summed E-state index contributed by atoms with van der Waals surface area (Å²) in [6.07, 6.45) is -0.0367. The van der Waals surface area contributed by atoms with Crippen molar-refractivity contribution in [1.29, 1.82) is 0 Å². The quantitative estimate of drug-likeness (QED) is 0.441. The van der Waals surface area contributed by atoms with Gasteiger partial charge in [0, 0.05) is 5.56 Å². The molecule has 0 spiro atoms. The fourth-order valence-corrected chi connectivity index (χ4v) is 3.74. The third-order valence-electron chi connectivity index (χ3n) is 5.45. The highest BCUT2D eigenvalue weighted by Crippen LogP contribution is 2.33. The molecule has 3 heterocycles. The molecule has 0 amide bonds. The number of hydrogen-bond donors (Lipinski definition) is 0. The number of rotatable bonds is 6. The Morgan fingerprint density at radius 3 is 2.72 bits per heavy atom. The summed E-state index contributed by atoms with van der Waals surface area (Å²) in [6, 6.07) is 15.9. The first-order valence-electron chi connectivity index (χ1n) is 10.5. The number of aromatic nitrogens is 4. The molecule has 0 saturated heterocycles. The van der Waals surface area contributed by atoms with Gasteiger partial charge in [-0.15, -0.1) is 0 Å². The van der Waals surface area contributed by atoms with E-state index in [4.69, 9.17) is 23.8 Å². The molecule has 1 aliphatic rings. The zero-order valence-corrected chi connectivity index (χ0v) is 18.2. The average molecular weight is 432 g/mol. The van der Waals surface area contributed by atoms with Crippen LogP contribution in [0.2, 0.25) is 0 Å². The van der Waals surface area contributed by atoms with E-state index in [1.807, 2.05) is 35.9 Å². The van der Waals surface area contributed by atoms with Crippen LogP contribution in [0.25, 0.3) is 23.0 Å². The molecular weight excluding hydrogens is 408 g/mol. The standard InChI is InChI=1S/C24H24N4O4/c1-4-30-21-11-17(9-10-20(21)29-3)23-25-24(32-27-23)19-12-18-14-31-22(13-28(18)26-19)16-7-5-15(2)6-8-16/h5-12,22H,4,13-14H2,1-3H3/t22-/m0/s1. The van der Waals surface area contributed by atoms with E-state index in [-0.39, 0.29) is 6.10 Å². The molecule has 5 rings (SSSR count). The largest absolute Gasteiger partial charge is 0.493 e. The van der Waals surface area contributed by atoms with Gasteiger partial charge < -0.3 is 18.7 Å². The van der Waals surface area contributed by atoms with E-state index >= 15 is 0 Å². The summed E-state index contributed by atoms with van der Waals surface area (Å²) in [6.45, 7) is 5.64. The van der Waals surface area contributed by atoms with Gasteiger partial charge in [0.2, 0.25) is 5.82 Å². The lowest BCUT2D eigenvalue weighted by Gasteiger charge is -2.24. The van der Waals surface area contributed by atoms with Gasteiger partial charge in [-0.1, -0.05) is 35.0 Å². The van der Waals surface area contributed by atoms with E-state index in [0.29, 0.717) is 48.7 Å². The van der Waals surface area contributed by atoms with Crippen molar-refractivity contribution >= 4 is 0 Å². The maximum absolute atomic E-state index is 6.06. The number of hydrogen-bond acceptors (Lipinski definition) is 7. The highest BCUT2D eigenvalue weighted by molar-refractivity contribution is 5.62. The minimum absolute atomic E-state index is 0.0367. The van der Waals surface area contributed by atoms with Gasteiger partial charge in [-0.3, -0.25) is 4.68 Å². The summed E-state index contributed by atoms with van der Waals surface area (Å²) in [5, 5.41) is 8.82. The molecule has 2 aromatic carbocycles. The summed E-state index contributed by atoms with van der Waals surface area (Å²) < 4.78 is 24.5. The third kappa shape index (κ3) is 3.85. The first-order valence-corrected chi connectivity index (χ1v) is 10.5. The molecule has 2 aromatic heterocycles. The number of methoxy groups -OCH3 is 1. The Morgan fingerprint density at radius 1 is 1.09 bits per heavy atom.